The zero-order valence-electron chi connectivity index (χ0n) is 10.4. The smallest absolute Gasteiger partial charge is 0.235 e. The van der Waals surface area contributed by atoms with E-state index in [4.69, 9.17) is 15.0 Å². The molecule has 2 N–H and O–H groups in total. The maximum Gasteiger partial charge on any atom is 0.235 e. The van der Waals surface area contributed by atoms with E-state index in [1.165, 1.54) is 0 Å². The molecule has 96 valence electrons. The van der Waals surface area contributed by atoms with Gasteiger partial charge in [0.05, 0.1) is 12.5 Å². The van der Waals surface area contributed by atoms with E-state index in [1.807, 2.05) is 30.3 Å². The van der Waals surface area contributed by atoms with Crippen LogP contribution in [-0.4, -0.2) is 30.4 Å². The van der Waals surface area contributed by atoms with Crippen LogP contribution in [0.1, 0.15) is 23.2 Å². The summed E-state index contributed by atoms with van der Waals surface area (Å²) >= 11 is 0. The first-order valence-electron chi connectivity index (χ1n) is 5.91. The summed E-state index contributed by atoms with van der Waals surface area (Å²) in [6, 6.07) is 9.93. The monoisotopic (exact) mass is 247 g/mol. The number of aromatic nitrogens is 2. The summed E-state index contributed by atoms with van der Waals surface area (Å²) in [4.78, 5) is 4.36. The Balaban J connectivity index is 2.15. The lowest BCUT2D eigenvalue weighted by atomic mass is 9.99. The van der Waals surface area contributed by atoms with Crippen LogP contribution in [0.15, 0.2) is 34.9 Å². The molecule has 0 amide bonds. The number of methoxy groups -OCH3 is 1. The summed E-state index contributed by atoms with van der Waals surface area (Å²) in [7, 11) is 1.65. The van der Waals surface area contributed by atoms with Gasteiger partial charge in [0.15, 0.2) is 5.82 Å². The van der Waals surface area contributed by atoms with Gasteiger partial charge in [0, 0.05) is 20.1 Å². The van der Waals surface area contributed by atoms with Crippen molar-refractivity contribution >= 4 is 0 Å². The van der Waals surface area contributed by atoms with Crippen molar-refractivity contribution in [3.05, 3.63) is 47.6 Å². The summed E-state index contributed by atoms with van der Waals surface area (Å²) in [5.74, 6) is 1.17. The molecule has 0 aliphatic heterocycles. The molecule has 2 rings (SSSR count). The molecule has 18 heavy (non-hydrogen) atoms. The van der Waals surface area contributed by atoms with Gasteiger partial charge >= 0.3 is 0 Å². The van der Waals surface area contributed by atoms with Crippen molar-refractivity contribution in [2.24, 2.45) is 5.73 Å². The first-order valence-corrected chi connectivity index (χ1v) is 5.91. The molecule has 5 nitrogen and oxygen atoms in total. The van der Waals surface area contributed by atoms with E-state index in [0.717, 1.165) is 5.56 Å². The highest BCUT2D eigenvalue weighted by Crippen LogP contribution is 2.21. The van der Waals surface area contributed by atoms with Gasteiger partial charge < -0.3 is 15.0 Å². The number of nitrogens with two attached hydrogens (primary N) is 1. The summed E-state index contributed by atoms with van der Waals surface area (Å²) in [6.45, 7) is 1.02. The third-order valence-electron chi connectivity index (χ3n) is 2.75. The van der Waals surface area contributed by atoms with Gasteiger partial charge in [0.2, 0.25) is 5.89 Å². The van der Waals surface area contributed by atoms with Crippen LogP contribution in [-0.2, 0) is 11.2 Å². The quantitative estimate of drug-likeness (QED) is 0.834. The Labute approximate surface area is 106 Å². The van der Waals surface area contributed by atoms with Crippen LogP contribution in [0, 0.1) is 0 Å². The minimum atomic E-state index is -0.0463. The summed E-state index contributed by atoms with van der Waals surface area (Å²) in [5.41, 5.74) is 6.88. The van der Waals surface area contributed by atoms with E-state index in [2.05, 4.69) is 10.1 Å². The lowest BCUT2D eigenvalue weighted by Gasteiger charge is -2.09. The molecule has 5 heteroatoms. The molecule has 0 aliphatic rings. The van der Waals surface area contributed by atoms with Gasteiger partial charge in [0.1, 0.15) is 0 Å². The summed E-state index contributed by atoms with van der Waals surface area (Å²) in [6.07, 6.45) is 0.645. The first-order chi connectivity index (χ1) is 8.85. The number of hydrogen-bond donors (Lipinski definition) is 1. The standard InChI is InChI=1S/C13H17N3O2/c1-17-8-7-12-15-13(18-16-12)11(9-14)10-5-3-2-4-6-10/h2-6,11H,7-9,14H2,1H3. The second kappa shape index (κ2) is 6.28. The molecule has 0 fully saturated rings. The Morgan fingerprint density at radius 1 is 1.33 bits per heavy atom. The van der Waals surface area contributed by atoms with Crippen LogP contribution in [0.3, 0.4) is 0 Å². The lowest BCUT2D eigenvalue weighted by molar-refractivity contribution is 0.199. The highest BCUT2D eigenvalue weighted by Gasteiger charge is 2.19. The fourth-order valence-corrected chi connectivity index (χ4v) is 1.77. The minimum Gasteiger partial charge on any atom is -0.384 e. The molecule has 2 aromatic rings. The number of ether oxygens (including phenoxy) is 1. The summed E-state index contributed by atoms with van der Waals surface area (Å²) in [5, 5.41) is 3.93. The Hall–Kier alpha value is -1.72. The Morgan fingerprint density at radius 2 is 2.11 bits per heavy atom. The largest absolute Gasteiger partial charge is 0.384 e. The fourth-order valence-electron chi connectivity index (χ4n) is 1.77. The number of benzene rings is 1. The van der Waals surface area contributed by atoms with E-state index in [0.29, 0.717) is 31.3 Å². The molecule has 0 saturated carbocycles. The zero-order valence-corrected chi connectivity index (χ0v) is 10.4. The van der Waals surface area contributed by atoms with Gasteiger partial charge in [-0.05, 0) is 5.56 Å². The first kappa shape index (κ1) is 12.7. The van der Waals surface area contributed by atoms with Gasteiger partial charge in [0.25, 0.3) is 0 Å². The minimum absolute atomic E-state index is 0.0463. The van der Waals surface area contributed by atoms with Crippen molar-refractivity contribution < 1.29 is 9.26 Å². The molecule has 1 aromatic carbocycles. The van der Waals surface area contributed by atoms with Crippen molar-refractivity contribution in [2.75, 3.05) is 20.3 Å². The maximum atomic E-state index is 5.79. The van der Waals surface area contributed by atoms with Crippen LogP contribution in [0.2, 0.25) is 0 Å². The van der Waals surface area contributed by atoms with Gasteiger partial charge in [-0.2, -0.15) is 4.98 Å². The molecular formula is C13H17N3O2. The SMILES string of the molecule is COCCc1noc(C(CN)c2ccccc2)n1. The molecule has 0 bridgehead atoms. The van der Waals surface area contributed by atoms with E-state index in [9.17, 15) is 0 Å². The summed E-state index contributed by atoms with van der Waals surface area (Å²) < 4.78 is 10.3. The highest BCUT2D eigenvalue weighted by atomic mass is 16.5. The van der Waals surface area contributed by atoms with Crippen LogP contribution >= 0.6 is 0 Å². The van der Waals surface area contributed by atoms with Crippen molar-refractivity contribution in [1.29, 1.82) is 0 Å². The van der Waals surface area contributed by atoms with Crippen LogP contribution in [0.5, 0.6) is 0 Å². The third-order valence-corrected chi connectivity index (χ3v) is 2.75. The number of hydrogen-bond acceptors (Lipinski definition) is 5. The topological polar surface area (TPSA) is 74.2 Å². The average Bonchev–Trinajstić information content (AvgIpc) is 2.87. The molecule has 0 aliphatic carbocycles. The fraction of sp³-hybridized carbons (Fsp3) is 0.385. The molecule has 0 spiro atoms. The molecule has 1 heterocycles. The number of rotatable bonds is 6. The van der Waals surface area contributed by atoms with E-state index >= 15 is 0 Å². The van der Waals surface area contributed by atoms with Gasteiger partial charge in [-0.3, -0.25) is 0 Å². The predicted molar refractivity (Wildman–Crippen MR) is 67.2 cm³/mol. The molecular weight excluding hydrogens is 230 g/mol. The maximum absolute atomic E-state index is 5.79. The second-order valence-corrected chi connectivity index (χ2v) is 3.99. The zero-order chi connectivity index (χ0) is 12.8. The Bertz CT molecular complexity index is 470. The van der Waals surface area contributed by atoms with Crippen molar-refractivity contribution in [1.82, 2.24) is 10.1 Å². The lowest BCUT2D eigenvalue weighted by Crippen LogP contribution is -2.14. The van der Waals surface area contributed by atoms with E-state index in [-0.39, 0.29) is 5.92 Å². The molecule has 1 aromatic heterocycles. The molecule has 1 atom stereocenters. The predicted octanol–water partition coefficient (Wildman–Crippen LogP) is 1.35. The Kier molecular flexibility index (Phi) is 4.44. The van der Waals surface area contributed by atoms with Gasteiger partial charge in [-0.25, -0.2) is 0 Å². The third kappa shape index (κ3) is 2.94. The Morgan fingerprint density at radius 3 is 2.78 bits per heavy atom. The van der Waals surface area contributed by atoms with Gasteiger partial charge in [-0.15, -0.1) is 0 Å². The normalized spacial score (nSPS) is 12.6. The molecule has 0 saturated heterocycles. The average molecular weight is 247 g/mol. The van der Waals surface area contributed by atoms with Gasteiger partial charge in [-0.1, -0.05) is 35.5 Å². The molecule has 0 radical (unpaired) electrons. The van der Waals surface area contributed by atoms with E-state index in [1.54, 1.807) is 7.11 Å². The van der Waals surface area contributed by atoms with Crippen LogP contribution in [0.25, 0.3) is 0 Å². The molecule has 1 unspecified atom stereocenters. The van der Waals surface area contributed by atoms with Crippen molar-refractivity contribution in [3.63, 3.8) is 0 Å². The number of nitrogens with zero attached hydrogens (tertiary/aromatic N) is 2. The highest BCUT2D eigenvalue weighted by molar-refractivity contribution is 5.24. The van der Waals surface area contributed by atoms with Crippen LogP contribution < -0.4 is 5.73 Å². The van der Waals surface area contributed by atoms with Crippen LogP contribution in [0.4, 0.5) is 0 Å². The second-order valence-electron chi connectivity index (χ2n) is 3.99. The van der Waals surface area contributed by atoms with Crippen molar-refractivity contribution in [2.45, 2.75) is 12.3 Å². The van der Waals surface area contributed by atoms with Crippen molar-refractivity contribution in [3.8, 4) is 0 Å². The van der Waals surface area contributed by atoms with E-state index < -0.39 is 0 Å².